The van der Waals surface area contributed by atoms with Crippen LogP contribution in [0.1, 0.15) is 31.7 Å². The number of Topliss-reactive ketones (excluding diaryl/α,β-unsaturated/α-hetero) is 1. The number of carbonyl (C=O) groups is 1. The predicted molar refractivity (Wildman–Crippen MR) is 69.7 cm³/mol. The van der Waals surface area contributed by atoms with Crippen LogP contribution in [0.3, 0.4) is 0 Å². The van der Waals surface area contributed by atoms with E-state index in [1.54, 1.807) is 0 Å². The highest BCUT2D eigenvalue weighted by atomic mass is 35.5. The largest absolute Gasteiger partial charge is 0.365 e. The second-order valence-corrected chi connectivity index (χ2v) is 5.61. The second kappa shape index (κ2) is 4.02. The normalized spacial score (nSPS) is 27.6. The summed E-state index contributed by atoms with van der Waals surface area (Å²) >= 11 is 6.04. The Balaban J connectivity index is 2.02. The fourth-order valence-electron chi connectivity index (χ4n) is 3.24. The van der Waals surface area contributed by atoms with E-state index in [0.29, 0.717) is 30.7 Å². The van der Waals surface area contributed by atoms with Gasteiger partial charge in [-0.05, 0) is 43.5 Å². The van der Waals surface area contributed by atoms with E-state index in [2.05, 4.69) is 24.0 Å². The highest BCUT2D eigenvalue weighted by molar-refractivity contribution is 6.30. The summed E-state index contributed by atoms with van der Waals surface area (Å²) in [5.41, 5.74) is 2.61. The molecule has 2 nitrogen and oxygen atoms in total. The van der Waals surface area contributed by atoms with Crippen molar-refractivity contribution in [3.8, 4) is 0 Å². The number of anilines is 1. The number of nitrogens with zero attached hydrogens (tertiary/aromatic N) is 1. The van der Waals surface area contributed by atoms with Crippen LogP contribution in [0.2, 0.25) is 5.02 Å². The van der Waals surface area contributed by atoms with Gasteiger partial charge in [0.15, 0.2) is 0 Å². The molecule has 3 rings (SSSR count). The third kappa shape index (κ3) is 1.85. The van der Waals surface area contributed by atoms with Gasteiger partial charge in [0.25, 0.3) is 0 Å². The van der Waals surface area contributed by atoms with Crippen molar-refractivity contribution in [2.24, 2.45) is 0 Å². The standard InChI is InChI=1S/C14H16ClNO/c1-9-6-13(17)8-12-4-2-10-7-11(15)3-5-14(10)16(9)12/h3,5,7,9,12H,2,4,6,8H2,1H3/t9-,12+/m0/s1. The van der Waals surface area contributed by atoms with Gasteiger partial charge in [-0.2, -0.15) is 0 Å². The molecule has 0 radical (unpaired) electrons. The molecule has 1 aromatic carbocycles. The average Bonchev–Trinajstić information content (AvgIpc) is 2.28. The molecule has 2 aliphatic rings. The fraction of sp³-hybridized carbons (Fsp3) is 0.500. The molecule has 3 heteroatoms. The number of benzene rings is 1. The van der Waals surface area contributed by atoms with Crippen molar-refractivity contribution in [3.63, 3.8) is 0 Å². The van der Waals surface area contributed by atoms with Gasteiger partial charge in [-0.3, -0.25) is 4.79 Å². The first kappa shape index (κ1) is 11.1. The third-order valence-corrected chi connectivity index (χ3v) is 4.16. The van der Waals surface area contributed by atoms with Crippen molar-refractivity contribution < 1.29 is 4.79 Å². The Morgan fingerprint density at radius 3 is 3.00 bits per heavy atom. The summed E-state index contributed by atoms with van der Waals surface area (Å²) in [6, 6.07) is 6.85. The van der Waals surface area contributed by atoms with Gasteiger partial charge in [-0.1, -0.05) is 11.6 Å². The van der Waals surface area contributed by atoms with E-state index in [4.69, 9.17) is 11.6 Å². The lowest BCUT2D eigenvalue weighted by molar-refractivity contribution is -0.120. The molecule has 90 valence electrons. The number of aryl methyl sites for hydroxylation is 1. The molecule has 1 fully saturated rings. The van der Waals surface area contributed by atoms with Gasteiger partial charge >= 0.3 is 0 Å². The first-order valence-corrected chi connectivity index (χ1v) is 6.61. The number of fused-ring (bicyclic) bond motifs is 3. The molecule has 2 atom stereocenters. The molecule has 1 saturated heterocycles. The van der Waals surface area contributed by atoms with E-state index in [1.165, 1.54) is 11.3 Å². The van der Waals surface area contributed by atoms with E-state index in [1.807, 2.05) is 6.07 Å². The van der Waals surface area contributed by atoms with E-state index in [9.17, 15) is 4.79 Å². The summed E-state index contributed by atoms with van der Waals surface area (Å²) in [6.07, 6.45) is 3.51. The topological polar surface area (TPSA) is 20.3 Å². The molecular weight excluding hydrogens is 234 g/mol. The van der Waals surface area contributed by atoms with Gasteiger partial charge in [0.05, 0.1) is 0 Å². The first-order valence-electron chi connectivity index (χ1n) is 6.23. The van der Waals surface area contributed by atoms with Crippen LogP contribution in [-0.2, 0) is 11.2 Å². The Bertz CT molecular complexity index is 471. The molecule has 0 unspecified atom stereocenters. The average molecular weight is 250 g/mol. The Hall–Kier alpha value is -1.02. The number of carbonyl (C=O) groups excluding carboxylic acids is 1. The number of hydrogen-bond acceptors (Lipinski definition) is 2. The molecule has 2 heterocycles. The summed E-state index contributed by atoms with van der Waals surface area (Å²) in [5, 5.41) is 0.808. The lowest BCUT2D eigenvalue weighted by Crippen LogP contribution is -2.50. The van der Waals surface area contributed by atoms with E-state index in [0.717, 1.165) is 17.9 Å². The highest BCUT2D eigenvalue weighted by Crippen LogP contribution is 2.38. The minimum atomic E-state index is 0.321. The lowest BCUT2D eigenvalue weighted by Gasteiger charge is -2.45. The van der Waals surface area contributed by atoms with Crippen LogP contribution < -0.4 is 4.90 Å². The third-order valence-electron chi connectivity index (χ3n) is 3.92. The van der Waals surface area contributed by atoms with Crippen LogP contribution in [-0.4, -0.2) is 17.9 Å². The monoisotopic (exact) mass is 249 g/mol. The van der Waals surface area contributed by atoms with Crippen molar-refractivity contribution in [3.05, 3.63) is 28.8 Å². The molecule has 2 aliphatic heterocycles. The van der Waals surface area contributed by atoms with Gasteiger partial charge in [0.2, 0.25) is 0 Å². The minimum Gasteiger partial charge on any atom is -0.365 e. The quantitative estimate of drug-likeness (QED) is 0.704. The molecular formula is C14H16ClNO. The van der Waals surface area contributed by atoms with Crippen molar-refractivity contribution >= 4 is 23.1 Å². The van der Waals surface area contributed by atoms with Crippen LogP contribution in [0.15, 0.2) is 18.2 Å². The van der Waals surface area contributed by atoms with Crippen LogP contribution in [0.4, 0.5) is 5.69 Å². The van der Waals surface area contributed by atoms with Crippen LogP contribution >= 0.6 is 11.6 Å². The van der Waals surface area contributed by atoms with E-state index < -0.39 is 0 Å². The van der Waals surface area contributed by atoms with Gasteiger partial charge in [-0.15, -0.1) is 0 Å². The van der Waals surface area contributed by atoms with Gasteiger partial charge in [0, 0.05) is 35.6 Å². The van der Waals surface area contributed by atoms with Crippen LogP contribution in [0.5, 0.6) is 0 Å². The molecule has 0 N–H and O–H groups in total. The lowest BCUT2D eigenvalue weighted by atomic mass is 9.86. The minimum absolute atomic E-state index is 0.321. The number of rotatable bonds is 0. The number of piperidine rings is 1. The second-order valence-electron chi connectivity index (χ2n) is 5.17. The van der Waals surface area contributed by atoms with Crippen molar-refractivity contribution in [2.45, 2.75) is 44.7 Å². The van der Waals surface area contributed by atoms with Crippen LogP contribution in [0.25, 0.3) is 0 Å². The zero-order valence-electron chi connectivity index (χ0n) is 9.95. The molecule has 0 saturated carbocycles. The highest BCUT2D eigenvalue weighted by Gasteiger charge is 2.35. The van der Waals surface area contributed by atoms with Gasteiger partial charge in [0.1, 0.15) is 5.78 Å². The Morgan fingerprint density at radius 1 is 1.35 bits per heavy atom. The maximum absolute atomic E-state index is 11.6. The van der Waals surface area contributed by atoms with Crippen molar-refractivity contribution in [2.75, 3.05) is 4.90 Å². The SMILES string of the molecule is C[C@H]1CC(=O)C[C@H]2CCc3cc(Cl)ccc3N21. The maximum Gasteiger partial charge on any atom is 0.136 e. The summed E-state index contributed by atoms with van der Waals surface area (Å²) < 4.78 is 0. The van der Waals surface area contributed by atoms with E-state index >= 15 is 0 Å². The fourth-order valence-corrected chi connectivity index (χ4v) is 3.43. The molecule has 17 heavy (non-hydrogen) atoms. The zero-order chi connectivity index (χ0) is 12.0. The molecule has 0 spiro atoms. The molecule has 0 aromatic heterocycles. The molecule has 0 bridgehead atoms. The van der Waals surface area contributed by atoms with Crippen molar-refractivity contribution in [1.82, 2.24) is 0 Å². The molecule has 0 aliphatic carbocycles. The van der Waals surface area contributed by atoms with Crippen LogP contribution in [0, 0.1) is 0 Å². The van der Waals surface area contributed by atoms with Gasteiger partial charge < -0.3 is 4.90 Å². The smallest absolute Gasteiger partial charge is 0.136 e. The van der Waals surface area contributed by atoms with E-state index in [-0.39, 0.29) is 0 Å². The Labute approximate surface area is 107 Å². The summed E-state index contributed by atoms with van der Waals surface area (Å²) in [6.45, 7) is 2.15. The number of ketones is 1. The summed E-state index contributed by atoms with van der Waals surface area (Å²) in [5.74, 6) is 0.413. The summed E-state index contributed by atoms with van der Waals surface area (Å²) in [4.78, 5) is 14.1. The zero-order valence-corrected chi connectivity index (χ0v) is 10.7. The summed E-state index contributed by atoms with van der Waals surface area (Å²) in [7, 11) is 0. The molecule has 1 aromatic rings. The Morgan fingerprint density at radius 2 is 2.18 bits per heavy atom. The molecule has 0 amide bonds. The van der Waals surface area contributed by atoms with Gasteiger partial charge in [-0.25, -0.2) is 0 Å². The number of halogens is 1. The van der Waals surface area contributed by atoms with Crippen molar-refractivity contribution in [1.29, 1.82) is 0 Å². The number of hydrogen-bond donors (Lipinski definition) is 0. The predicted octanol–water partition coefficient (Wildman–Crippen LogP) is 3.21. The maximum atomic E-state index is 11.6. The Kier molecular flexibility index (Phi) is 2.62. The first-order chi connectivity index (χ1) is 8.15.